The maximum absolute atomic E-state index is 11.9. The molecular weight excluding hydrogens is 709 g/mol. The number of rotatable bonds is 4. The van der Waals surface area contributed by atoms with Gasteiger partial charge in [-0.2, -0.15) is 0 Å². The fraction of sp³-hybridized carbons (Fsp3) is 0.111. The fourth-order valence-corrected chi connectivity index (χ4v) is 6.62. The van der Waals surface area contributed by atoms with Crippen molar-refractivity contribution in [2.24, 2.45) is 0 Å². The van der Waals surface area contributed by atoms with E-state index in [9.17, 15) is 20.4 Å². The van der Waals surface area contributed by atoms with E-state index < -0.39 is 42.5 Å². The van der Waals surface area contributed by atoms with E-state index in [1.54, 1.807) is 109 Å². The van der Waals surface area contributed by atoms with Crippen molar-refractivity contribution in [1.82, 2.24) is 0 Å². The highest BCUT2D eigenvalue weighted by Gasteiger charge is 2.51. The molecule has 1 aliphatic carbocycles. The van der Waals surface area contributed by atoms with Crippen LogP contribution in [0.15, 0.2) is 129 Å². The Bertz CT molecular complexity index is 1820. The summed E-state index contributed by atoms with van der Waals surface area (Å²) in [7, 11) is 0. The van der Waals surface area contributed by atoms with Crippen LogP contribution >= 0.6 is 69.6 Å². The molecule has 1 aliphatic rings. The summed E-state index contributed by atoms with van der Waals surface area (Å²) in [6.07, 6.45) is 0. The van der Waals surface area contributed by atoms with Gasteiger partial charge in [-0.1, -0.05) is 190 Å². The number of hydrogen-bond donors (Lipinski definition) is 4. The normalized spacial score (nSPS) is 22.1. The van der Waals surface area contributed by atoms with Gasteiger partial charge in [0.1, 0.15) is 0 Å². The lowest BCUT2D eigenvalue weighted by atomic mass is 9.83. The van der Waals surface area contributed by atoms with Crippen LogP contribution in [0.3, 0.4) is 0 Å². The van der Waals surface area contributed by atoms with E-state index in [4.69, 9.17) is 69.6 Å². The molecule has 4 N–H and O–H groups in total. The maximum Gasteiger partial charge on any atom is 0.200 e. The van der Waals surface area contributed by atoms with Crippen LogP contribution in [0.2, 0.25) is 10.0 Å². The molecule has 10 heteroatoms. The van der Waals surface area contributed by atoms with Gasteiger partial charge in [-0.25, -0.2) is 0 Å². The summed E-state index contributed by atoms with van der Waals surface area (Å²) in [6.45, 7) is 0. The standard InChI is InChI=1S/C36H22Cl6O4/c37-27-17-9-7-15-25(27)33(43,23-11-3-1-4-12-23)19-21-35(45)29(39)31(41)36(46,32(42)30(35)40)22-20-34(44,24-13-5-2-6-14-24)26-16-8-10-18-28(26)38/h1-18,43-46H. The minimum atomic E-state index is -2.59. The van der Waals surface area contributed by atoms with Gasteiger partial charge >= 0.3 is 0 Å². The Kier molecular flexibility index (Phi) is 9.93. The highest BCUT2D eigenvalue weighted by Crippen LogP contribution is 2.50. The molecule has 232 valence electrons. The van der Waals surface area contributed by atoms with Gasteiger partial charge in [-0.3, -0.25) is 0 Å². The average Bonchev–Trinajstić information content (AvgIpc) is 3.08. The zero-order valence-electron chi connectivity index (χ0n) is 23.4. The molecule has 4 aromatic carbocycles. The van der Waals surface area contributed by atoms with E-state index in [0.717, 1.165) is 0 Å². The van der Waals surface area contributed by atoms with Crippen LogP contribution < -0.4 is 0 Å². The van der Waals surface area contributed by atoms with Crippen LogP contribution in [-0.4, -0.2) is 31.6 Å². The summed E-state index contributed by atoms with van der Waals surface area (Å²) >= 11 is 39.2. The Hall–Kier alpha value is -2.94. The molecule has 4 nitrogen and oxygen atoms in total. The third kappa shape index (κ3) is 5.97. The highest BCUT2D eigenvalue weighted by molar-refractivity contribution is 6.48. The zero-order valence-corrected chi connectivity index (χ0v) is 28.0. The first-order chi connectivity index (χ1) is 21.8. The Morgan fingerprint density at radius 3 is 1.02 bits per heavy atom. The van der Waals surface area contributed by atoms with Gasteiger partial charge in [0.25, 0.3) is 0 Å². The van der Waals surface area contributed by atoms with Gasteiger partial charge in [0.2, 0.25) is 11.2 Å². The highest BCUT2D eigenvalue weighted by atomic mass is 35.5. The van der Waals surface area contributed by atoms with Crippen LogP contribution in [0.1, 0.15) is 22.3 Å². The molecule has 0 aromatic heterocycles. The second-order valence-corrected chi connectivity index (χ2v) is 12.6. The van der Waals surface area contributed by atoms with Crippen LogP contribution in [0.25, 0.3) is 0 Å². The first-order valence-corrected chi connectivity index (χ1v) is 15.8. The van der Waals surface area contributed by atoms with Crippen molar-refractivity contribution in [2.75, 3.05) is 0 Å². The fourth-order valence-electron chi connectivity index (χ4n) is 4.87. The summed E-state index contributed by atoms with van der Waals surface area (Å²) in [5.74, 6) is 10.3. The summed E-state index contributed by atoms with van der Waals surface area (Å²) < 4.78 is 0. The van der Waals surface area contributed by atoms with Crippen molar-refractivity contribution in [2.45, 2.75) is 22.4 Å². The van der Waals surface area contributed by atoms with E-state index in [2.05, 4.69) is 23.7 Å². The smallest absolute Gasteiger partial charge is 0.200 e. The first kappa shape index (κ1) is 34.4. The van der Waals surface area contributed by atoms with Gasteiger partial charge < -0.3 is 20.4 Å². The molecule has 2 atom stereocenters. The number of benzene rings is 4. The molecule has 4 aromatic rings. The minimum Gasteiger partial charge on any atom is -0.369 e. The minimum absolute atomic E-state index is 0.201. The van der Waals surface area contributed by atoms with Gasteiger partial charge in [0.05, 0.1) is 20.1 Å². The van der Waals surface area contributed by atoms with E-state index in [-0.39, 0.29) is 21.2 Å². The third-order valence-corrected chi connectivity index (χ3v) is 10.1. The molecule has 0 amide bonds. The summed E-state index contributed by atoms with van der Waals surface area (Å²) in [4.78, 5) is 0. The molecule has 0 radical (unpaired) electrons. The van der Waals surface area contributed by atoms with Crippen LogP contribution in [0.4, 0.5) is 0 Å². The lowest BCUT2D eigenvalue weighted by molar-refractivity contribution is 0.137. The Morgan fingerprint density at radius 1 is 0.435 bits per heavy atom. The van der Waals surface area contributed by atoms with Crippen molar-refractivity contribution in [3.8, 4) is 23.7 Å². The second-order valence-electron chi connectivity index (χ2n) is 10.3. The predicted octanol–water partition coefficient (Wildman–Crippen LogP) is 8.03. The number of aliphatic hydroxyl groups is 4. The molecule has 46 heavy (non-hydrogen) atoms. The van der Waals surface area contributed by atoms with Crippen molar-refractivity contribution >= 4 is 69.6 Å². The van der Waals surface area contributed by atoms with Gasteiger partial charge in [-0.05, 0) is 12.1 Å². The molecule has 0 heterocycles. The van der Waals surface area contributed by atoms with Crippen molar-refractivity contribution in [3.63, 3.8) is 0 Å². The molecule has 0 bridgehead atoms. The topological polar surface area (TPSA) is 80.9 Å². The quantitative estimate of drug-likeness (QED) is 0.161. The maximum atomic E-state index is 11.9. The summed E-state index contributed by atoms with van der Waals surface area (Å²) in [5, 5.41) is 45.2. The lowest BCUT2D eigenvalue weighted by Crippen LogP contribution is -2.42. The molecule has 0 fully saturated rings. The molecule has 2 unspecified atom stereocenters. The SMILES string of the molecule is OC1(C#CC(O)(c2ccccc2)c2ccccc2Cl)C(Cl)=C(Cl)C(O)(C#CC(O)(c2ccccc2)c2ccccc2Cl)C(Cl)=C1Cl. The van der Waals surface area contributed by atoms with E-state index in [0.29, 0.717) is 11.1 Å². The molecule has 0 saturated carbocycles. The molecule has 5 rings (SSSR count). The lowest BCUT2D eigenvalue weighted by Gasteiger charge is -2.35. The third-order valence-electron chi connectivity index (χ3n) is 7.42. The van der Waals surface area contributed by atoms with Gasteiger partial charge in [0, 0.05) is 32.3 Å². The van der Waals surface area contributed by atoms with Crippen molar-refractivity contribution < 1.29 is 20.4 Å². The molecular formula is C36H22Cl6O4. The first-order valence-electron chi connectivity index (χ1n) is 13.5. The number of hydrogen-bond acceptors (Lipinski definition) is 4. The van der Waals surface area contributed by atoms with Crippen LogP contribution in [-0.2, 0) is 11.2 Å². The van der Waals surface area contributed by atoms with Crippen LogP contribution in [0.5, 0.6) is 0 Å². The van der Waals surface area contributed by atoms with Crippen molar-refractivity contribution in [3.05, 3.63) is 162 Å². The zero-order chi connectivity index (χ0) is 33.3. The number of halogens is 6. The van der Waals surface area contributed by atoms with E-state index in [1.807, 2.05) is 0 Å². The average molecular weight is 731 g/mol. The largest absolute Gasteiger partial charge is 0.369 e. The Balaban J connectivity index is 1.67. The van der Waals surface area contributed by atoms with Gasteiger partial charge in [0.15, 0.2) is 11.2 Å². The molecule has 0 spiro atoms. The summed E-state index contributed by atoms with van der Waals surface area (Å²) in [6, 6.07) is 29.8. The van der Waals surface area contributed by atoms with E-state index in [1.165, 1.54) is 0 Å². The van der Waals surface area contributed by atoms with Gasteiger partial charge in [-0.15, -0.1) is 0 Å². The van der Waals surface area contributed by atoms with Crippen molar-refractivity contribution in [1.29, 1.82) is 0 Å². The monoisotopic (exact) mass is 728 g/mol. The predicted molar refractivity (Wildman–Crippen MR) is 185 cm³/mol. The summed E-state index contributed by atoms with van der Waals surface area (Å²) in [5.41, 5.74) is -8.21. The molecule has 0 aliphatic heterocycles. The van der Waals surface area contributed by atoms with Crippen LogP contribution in [0, 0.1) is 23.7 Å². The molecule has 0 saturated heterocycles. The Labute approximate surface area is 296 Å². The second kappa shape index (κ2) is 13.3. The van der Waals surface area contributed by atoms with E-state index >= 15 is 0 Å². The Morgan fingerprint density at radius 2 is 0.717 bits per heavy atom.